The van der Waals surface area contributed by atoms with E-state index in [2.05, 4.69) is 15.6 Å². The van der Waals surface area contributed by atoms with E-state index in [1.807, 2.05) is 13.8 Å². The van der Waals surface area contributed by atoms with Crippen LogP contribution in [0.1, 0.15) is 52.4 Å². The Balaban J connectivity index is 2.13. The highest BCUT2D eigenvalue weighted by atomic mass is 16.5. The summed E-state index contributed by atoms with van der Waals surface area (Å²) >= 11 is 0. The highest BCUT2D eigenvalue weighted by Crippen LogP contribution is 2.21. The van der Waals surface area contributed by atoms with Crippen LogP contribution in [0.4, 0.5) is 0 Å². The first-order valence-electron chi connectivity index (χ1n) is 7.48. The summed E-state index contributed by atoms with van der Waals surface area (Å²) in [5, 5.41) is 6.31. The molecule has 1 aliphatic rings. The van der Waals surface area contributed by atoms with Crippen LogP contribution in [0.25, 0.3) is 0 Å². The van der Waals surface area contributed by atoms with E-state index in [-0.39, 0.29) is 12.1 Å². The van der Waals surface area contributed by atoms with Crippen molar-refractivity contribution in [1.29, 1.82) is 0 Å². The van der Waals surface area contributed by atoms with Crippen LogP contribution in [0.5, 0.6) is 0 Å². The van der Waals surface area contributed by atoms with Gasteiger partial charge in [0.15, 0.2) is 5.96 Å². The molecule has 0 aromatic heterocycles. The van der Waals surface area contributed by atoms with Crippen LogP contribution in [0.15, 0.2) is 4.99 Å². The van der Waals surface area contributed by atoms with E-state index >= 15 is 0 Å². The van der Waals surface area contributed by atoms with Gasteiger partial charge in [-0.1, -0.05) is 0 Å². The van der Waals surface area contributed by atoms with Crippen LogP contribution < -0.4 is 10.6 Å². The Morgan fingerprint density at radius 2 is 1.84 bits per heavy atom. The normalized spacial score (nSPS) is 15.1. The highest BCUT2D eigenvalue weighted by molar-refractivity contribution is 5.79. The second kappa shape index (κ2) is 9.64. The Labute approximate surface area is 116 Å². The van der Waals surface area contributed by atoms with Crippen LogP contribution >= 0.6 is 0 Å². The zero-order chi connectivity index (χ0) is 13.9. The number of nitrogens with zero attached hydrogens (tertiary/aromatic N) is 1. The van der Waals surface area contributed by atoms with Gasteiger partial charge in [0.2, 0.25) is 0 Å². The first-order chi connectivity index (χ1) is 9.26. The van der Waals surface area contributed by atoms with Crippen LogP contribution in [0.2, 0.25) is 0 Å². The molecule has 1 saturated carbocycles. The smallest absolute Gasteiger partial charge is 0.306 e. The van der Waals surface area contributed by atoms with E-state index < -0.39 is 0 Å². The number of guanidine groups is 1. The molecule has 0 saturated heterocycles. The van der Waals surface area contributed by atoms with Crippen LogP contribution in [-0.4, -0.2) is 37.7 Å². The SMILES string of the molecule is CCNC(=NCCCC(=O)OC1CCCC1)NCC. The quantitative estimate of drug-likeness (QED) is 0.320. The number of ether oxygens (including phenoxy) is 1. The second-order valence-electron chi connectivity index (χ2n) is 4.79. The molecule has 1 aliphatic carbocycles. The molecule has 0 atom stereocenters. The van der Waals surface area contributed by atoms with E-state index in [4.69, 9.17) is 4.74 Å². The van der Waals surface area contributed by atoms with Gasteiger partial charge in [0.05, 0.1) is 0 Å². The van der Waals surface area contributed by atoms with Crippen molar-refractivity contribution in [2.75, 3.05) is 19.6 Å². The van der Waals surface area contributed by atoms with Gasteiger partial charge in [0.1, 0.15) is 6.10 Å². The van der Waals surface area contributed by atoms with Crippen molar-refractivity contribution in [3.8, 4) is 0 Å². The standard InChI is InChI=1S/C14H27N3O2/c1-3-15-14(16-4-2)17-11-7-10-13(18)19-12-8-5-6-9-12/h12H,3-11H2,1-2H3,(H2,15,16,17). The van der Waals surface area contributed by atoms with E-state index in [0.29, 0.717) is 13.0 Å². The highest BCUT2D eigenvalue weighted by Gasteiger charge is 2.18. The Bertz CT molecular complexity index is 278. The maximum absolute atomic E-state index is 11.6. The molecule has 2 N–H and O–H groups in total. The van der Waals surface area contributed by atoms with Crippen LogP contribution in [0.3, 0.4) is 0 Å². The van der Waals surface area contributed by atoms with Crippen LogP contribution in [-0.2, 0) is 9.53 Å². The van der Waals surface area contributed by atoms with Gasteiger partial charge >= 0.3 is 5.97 Å². The molecular weight excluding hydrogens is 242 g/mol. The molecule has 0 spiro atoms. The average molecular weight is 269 g/mol. The van der Waals surface area contributed by atoms with E-state index in [1.54, 1.807) is 0 Å². The number of hydrogen-bond donors (Lipinski definition) is 2. The van der Waals surface area contributed by atoms with Gasteiger partial charge in [-0.2, -0.15) is 0 Å². The Kier molecular flexibility index (Phi) is 8.02. The number of esters is 1. The molecule has 0 aromatic carbocycles. The summed E-state index contributed by atoms with van der Waals surface area (Å²) < 4.78 is 5.39. The Morgan fingerprint density at radius 3 is 2.42 bits per heavy atom. The molecule has 0 aliphatic heterocycles. The number of rotatable bonds is 7. The zero-order valence-electron chi connectivity index (χ0n) is 12.2. The predicted molar refractivity (Wildman–Crippen MR) is 77.2 cm³/mol. The molecule has 0 unspecified atom stereocenters. The number of carbonyl (C=O) groups is 1. The lowest BCUT2D eigenvalue weighted by Gasteiger charge is -2.11. The number of aliphatic imine (C=N–C) groups is 1. The topological polar surface area (TPSA) is 62.7 Å². The Hall–Kier alpha value is -1.26. The molecule has 5 heteroatoms. The summed E-state index contributed by atoms with van der Waals surface area (Å²) in [5.41, 5.74) is 0. The summed E-state index contributed by atoms with van der Waals surface area (Å²) in [4.78, 5) is 16.0. The monoisotopic (exact) mass is 269 g/mol. The molecule has 1 rings (SSSR count). The zero-order valence-corrected chi connectivity index (χ0v) is 12.2. The number of hydrogen-bond acceptors (Lipinski definition) is 3. The molecule has 1 fully saturated rings. The van der Waals surface area contributed by atoms with Crippen LogP contribution in [0, 0.1) is 0 Å². The molecule has 0 amide bonds. The van der Waals surface area contributed by atoms with Crippen molar-refractivity contribution >= 4 is 11.9 Å². The van der Waals surface area contributed by atoms with Gasteiger partial charge in [0.25, 0.3) is 0 Å². The maximum Gasteiger partial charge on any atom is 0.306 e. The van der Waals surface area contributed by atoms with Gasteiger partial charge in [-0.15, -0.1) is 0 Å². The minimum absolute atomic E-state index is 0.0736. The minimum atomic E-state index is -0.0736. The van der Waals surface area contributed by atoms with Gasteiger partial charge in [-0.25, -0.2) is 0 Å². The molecule has 0 bridgehead atoms. The molecule has 19 heavy (non-hydrogen) atoms. The van der Waals surface area contributed by atoms with E-state index in [0.717, 1.165) is 38.3 Å². The third kappa shape index (κ3) is 7.03. The first-order valence-corrected chi connectivity index (χ1v) is 7.48. The number of carbonyl (C=O) groups excluding carboxylic acids is 1. The fourth-order valence-electron chi connectivity index (χ4n) is 2.17. The van der Waals surface area contributed by atoms with Crippen molar-refractivity contribution in [3.63, 3.8) is 0 Å². The molecule has 110 valence electrons. The molecule has 0 aromatic rings. The van der Waals surface area contributed by atoms with Crippen molar-refractivity contribution < 1.29 is 9.53 Å². The molecular formula is C14H27N3O2. The molecule has 0 radical (unpaired) electrons. The first kappa shape index (κ1) is 15.8. The van der Waals surface area contributed by atoms with Gasteiger partial charge < -0.3 is 15.4 Å². The molecule has 5 nitrogen and oxygen atoms in total. The summed E-state index contributed by atoms with van der Waals surface area (Å²) in [6.07, 6.45) is 5.84. The molecule has 0 heterocycles. The third-order valence-corrected chi connectivity index (χ3v) is 3.10. The van der Waals surface area contributed by atoms with Crippen molar-refractivity contribution in [2.45, 2.75) is 58.5 Å². The predicted octanol–water partition coefficient (Wildman–Crippen LogP) is 1.83. The second-order valence-corrected chi connectivity index (χ2v) is 4.79. The van der Waals surface area contributed by atoms with Crippen molar-refractivity contribution in [3.05, 3.63) is 0 Å². The Morgan fingerprint density at radius 1 is 1.21 bits per heavy atom. The van der Waals surface area contributed by atoms with Gasteiger partial charge in [0, 0.05) is 26.1 Å². The maximum atomic E-state index is 11.6. The van der Waals surface area contributed by atoms with Crippen molar-refractivity contribution in [2.24, 2.45) is 4.99 Å². The van der Waals surface area contributed by atoms with Crippen molar-refractivity contribution in [1.82, 2.24) is 10.6 Å². The lowest BCUT2D eigenvalue weighted by atomic mass is 10.3. The van der Waals surface area contributed by atoms with Gasteiger partial charge in [-0.05, 0) is 46.0 Å². The summed E-state index contributed by atoms with van der Waals surface area (Å²) in [6.45, 7) is 6.40. The summed E-state index contributed by atoms with van der Waals surface area (Å²) in [5.74, 6) is 0.740. The minimum Gasteiger partial charge on any atom is -0.462 e. The van der Waals surface area contributed by atoms with E-state index in [1.165, 1.54) is 12.8 Å². The summed E-state index contributed by atoms with van der Waals surface area (Å²) in [7, 11) is 0. The summed E-state index contributed by atoms with van der Waals surface area (Å²) in [6, 6.07) is 0. The van der Waals surface area contributed by atoms with Gasteiger partial charge in [-0.3, -0.25) is 9.79 Å². The number of nitrogens with one attached hydrogen (secondary N) is 2. The fraction of sp³-hybridized carbons (Fsp3) is 0.857. The lowest BCUT2D eigenvalue weighted by molar-refractivity contribution is -0.148. The average Bonchev–Trinajstić information content (AvgIpc) is 2.88. The fourth-order valence-corrected chi connectivity index (χ4v) is 2.17. The third-order valence-electron chi connectivity index (χ3n) is 3.10. The largest absolute Gasteiger partial charge is 0.462 e. The van der Waals surface area contributed by atoms with E-state index in [9.17, 15) is 4.79 Å². The lowest BCUT2D eigenvalue weighted by Crippen LogP contribution is -2.37.